The topological polar surface area (TPSA) is 118 Å². The van der Waals surface area contributed by atoms with Crippen LogP contribution in [0.5, 0.6) is 0 Å². The molecule has 2 aromatic rings. The van der Waals surface area contributed by atoms with E-state index in [9.17, 15) is 9.00 Å². The van der Waals surface area contributed by atoms with Crippen LogP contribution < -0.4 is 15.6 Å². The third-order valence-corrected chi connectivity index (χ3v) is 9.74. The van der Waals surface area contributed by atoms with Gasteiger partial charge in [0, 0.05) is 13.1 Å². The van der Waals surface area contributed by atoms with Gasteiger partial charge in [-0.25, -0.2) is 19.3 Å². The van der Waals surface area contributed by atoms with E-state index >= 15 is 0 Å². The highest BCUT2D eigenvalue weighted by Crippen LogP contribution is 2.53. The molecule has 0 aromatic carbocycles. The lowest BCUT2D eigenvalue weighted by Crippen LogP contribution is -2.44. The summed E-state index contributed by atoms with van der Waals surface area (Å²) >= 11 is 7.30. The van der Waals surface area contributed by atoms with Crippen molar-refractivity contribution in [2.24, 2.45) is 16.5 Å². The number of nitrogens with one attached hydrogen (secondary N) is 1. The second kappa shape index (κ2) is 9.40. The van der Waals surface area contributed by atoms with Crippen molar-refractivity contribution in [2.45, 2.75) is 67.0 Å². The van der Waals surface area contributed by atoms with Gasteiger partial charge < -0.3 is 4.90 Å². The first-order valence-corrected chi connectivity index (χ1v) is 13.3. The number of anilines is 1. The Morgan fingerprint density at radius 2 is 2.03 bits per heavy atom. The van der Waals surface area contributed by atoms with Crippen LogP contribution in [0.2, 0.25) is 5.02 Å². The fourth-order valence-electron chi connectivity index (χ4n) is 5.12. The Bertz CT molecular complexity index is 1040. The van der Waals surface area contributed by atoms with E-state index < -0.39 is 16.5 Å². The molecule has 1 aliphatic heterocycles. The van der Waals surface area contributed by atoms with Gasteiger partial charge in [0.2, 0.25) is 0 Å². The highest BCUT2D eigenvalue weighted by Gasteiger charge is 2.47. The number of piperidine rings is 1. The van der Waals surface area contributed by atoms with E-state index in [-0.39, 0.29) is 9.77 Å². The Morgan fingerprint density at radius 1 is 1.28 bits per heavy atom. The van der Waals surface area contributed by atoms with Gasteiger partial charge in [-0.2, -0.15) is 5.10 Å². The zero-order chi connectivity index (χ0) is 22.9. The monoisotopic (exact) mass is 496 g/mol. The molecule has 8 nitrogen and oxygen atoms in total. The molecule has 1 unspecified atom stereocenters. The number of aromatic amines is 1. The summed E-state index contributed by atoms with van der Waals surface area (Å²) < 4.78 is 11.6. The molecule has 32 heavy (non-hydrogen) atoms. The SMILES string of the molecule is CC(C)(C[C@H]1CCCC12CCN(c1cnc(Sc3cn[nH]c(=O)c3Cl)cn1)CC2)S(N)=O. The normalized spacial score (nSPS) is 21.8. The summed E-state index contributed by atoms with van der Waals surface area (Å²) in [6.07, 6.45) is 11.8. The van der Waals surface area contributed by atoms with Gasteiger partial charge in [0.15, 0.2) is 0 Å². The zero-order valence-corrected chi connectivity index (χ0v) is 20.7. The van der Waals surface area contributed by atoms with Gasteiger partial charge in [-0.15, -0.1) is 0 Å². The van der Waals surface area contributed by atoms with Gasteiger partial charge in [0.1, 0.15) is 15.9 Å². The number of H-pyrrole nitrogens is 1. The van der Waals surface area contributed by atoms with E-state index in [0.717, 1.165) is 38.2 Å². The molecular formula is C21H29ClN6O2S2. The minimum Gasteiger partial charge on any atom is -0.355 e. The van der Waals surface area contributed by atoms with Crippen LogP contribution in [0.3, 0.4) is 0 Å². The molecule has 2 fully saturated rings. The van der Waals surface area contributed by atoms with Gasteiger partial charge in [-0.3, -0.25) is 9.93 Å². The van der Waals surface area contributed by atoms with E-state index in [4.69, 9.17) is 16.7 Å². The first-order valence-electron chi connectivity index (χ1n) is 10.8. The molecule has 3 N–H and O–H groups in total. The van der Waals surface area contributed by atoms with Crippen LogP contribution in [0.15, 0.2) is 33.3 Å². The van der Waals surface area contributed by atoms with E-state index in [0.29, 0.717) is 21.3 Å². The van der Waals surface area contributed by atoms with E-state index in [1.807, 2.05) is 13.8 Å². The summed E-state index contributed by atoms with van der Waals surface area (Å²) in [5.74, 6) is 1.43. The van der Waals surface area contributed by atoms with Gasteiger partial charge in [0.05, 0.1) is 39.2 Å². The molecule has 174 valence electrons. The lowest BCUT2D eigenvalue weighted by Gasteiger charge is -2.45. The average Bonchev–Trinajstić information content (AvgIpc) is 3.13. The van der Waals surface area contributed by atoms with E-state index in [1.54, 1.807) is 12.4 Å². The highest BCUT2D eigenvalue weighted by atomic mass is 35.5. The van der Waals surface area contributed by atoms with Crippen molar-refractivity contribution in [1.82, 2.24) is 20.2 Å². The molecule has 0 bridgehead atoms. The standard InChI is InChI=1S/C21H29ClN6O2S2/c1-20(2,32(23)30)10-14-4-3-5-21(14)6-8-28(9-7-21)16-12-25-17(13-24-16)31-15-11-26-27-19(29)18(15)22/h11-14H,3-10,23H2,1-2H3,(H,27,29)/t14-,32?/m1/s1. The number of aromatic nitrogens is 4. The Hall–Kier alpha value is -1.49. The second-order valence-corrected chi connectivity index (χ2v) is 12.5. The number of rotatable bonds is 6. The van der Waals surface area contributed by atoms with Crippen molar-refractivity contribution >= 4 is 40.2 Å². The molecule has 0 radical (unpaired) electrons. The van der Waals surface area contributed by atoms with Gasteiger partial charge in [-0.05, 0) is 57.3 Å². The first-order chi connectivity index (χ1) is 15.2. The summed E-state index contributed by atoms with van der Waals surface area (Å²) in [5.41, 5.74) is -0.102. The molecule has 4 rings (SSSR count). The lowest BCUT2D eigenvalue weighted by atomic mass is 9.68. The maximum Gasteiger partial charge on any atom is 0.284 e. The molecule has 0 amide bonds. The predicted molar refractivity (Wildman–Crippen MR) is 128 cm³/mol. The fraction of sp³-hybridized carbons (Fsp3) is 0.619. The average molecular weight is 497 g/mol. The highest BCUT2D eigenvalue weighted by molar-refractivity contribution is 7.99. The van der Waals surface area contributed by atoms with Crippen LogP contribution in [0.4, 0.5) is 5.82 Å². The molecule has 1 spiro atoms. The number of nitrogens with two attached hydrogens (primary N) is 1. The van der Waals surface area contributed by atoms with Crippen LogP contribution in [-0.2, 0) is 11.0 Å². The zero-order valence-electron chi connectivity index (χ0n) is 18.3. The Labute approximate surface area is 199 Å². The second-order valence-electron chi connectivity index (χ2n) is 9.39. The Morgan fingerprint density at radius 3 is 2.69 bits per heavy atom. The van der Waals surface area contributed by atoms with Crippen LogP contribution in [0, 0.1) is 11.3 Å². The Balaban J connectivity index is 1.39. The van der Waals surface area contributed by atoms with Crippen LogP contribution in [0.25, 0.3) is 0 Å². The maximum absolute atomic E-state index is 12.0. The number of halogens is 1. The molecule has 2 aliphatic rings. The van der Waals surface area contributed by atoms with Gasteiger partial charge in [0.25, 0.3) is 5.56 Å². The largest absolute Gasteiger partial charge is 0.355 e. The summed E-state index contributed by atoms with van der Waals surface area (Å²) in [5, 5.41) is 12.6. The molecule has 2 atom stereocenters. The molecule has 3 heterocycles. The number of hydrogen-bond acceptors (Lipinski definition) is 7. The minimum atomic E-state index is -1.31. The first kappa shape index (κ1) is 23.7. The van der Waals surface area contributed by atoms with Crippen LogP contribution >= 0.6 is 23.4 Å². The third kappa shape index (κ3) is 4.88. The van der Waals surface area contributed by atoms with Crippen molar-refractivity contribution in [3.8, 4) is 0 Å². The van der Waals surface area contributed by atoms with Crippen molar-refractivity contribution in [1.29, 1.82) is 0 Å². The molecule has 2 aromatic heterocycles. The molecular weight excluding hydrogens is 468 g/mol. The fourth-order valence-corrected chi connectivity index (χ4v) is 6.42. The summed E-state index contributed by atoms with van der Waals surface area (Å²) in [6.45, 7) is 5.92. The summed E-state index contributed by atoms with van der Waals surface area (Å²) in [6, 6.07) is 0. The summed E-state index contributed by atoms with van der Waals surface area (Å²) in [7, 11) is -1.31. The van der Waals surface area contributed by atoms with Crippen molar-refractivity contribution in [2.75, 3.05) is 18.0 Å². The smallest absolute Gasteiger partial charge is 0.284 e. The quantitative estimate of drug-likeness (QED) is 0.627. The van der Waals surface area contributed by atoms with Crippen molar-refractivity contribution in [3.05, 3.63) is 34.0 Å². The van der Waals surface area contributed by atoms with Crippen molar-refractivity contribution in [3.63, 3.8) is 0 Å². The maximum atomic E-state index is 12.0. The molecule has 1 saturated heterocycles. The Kier molecular flexibility index (Phi) is 6.95. The number of hydrogen-bond donors (Lipinski definition) is 2. The van der Waals surface area contributed by atoms with Gasteiger partial charge >= 0.3 is 0 Å². The molecule has 1 aliphatic carbocycles. The molecule has 11 heteroatoms. The van der Waals surface area contributed by atoms with Crippen LogP contribution in [-0.4, -0.2) is 42.2 Å². The predicted octanol–water partition coefficient (Wildman–Crippen LogP) is 3.54. The third-order valence-electron chi connectivity index (χ3n) is 7.05. The number of nitrogens with zero attached hydrogens (tertiary/aromatic N) is 4. The molecule has 1 saturated carbocycles. The summed E-state index contributed by atoms with van der Waals surface area (Å²) in [4.78, 5) is 23.5. The van der Waals surface area contributed by atoms with Crippen molar-refractivity contribution < 1.29 is 4.21 Å². The van der Waals surface area contributed by atoms with E-state index in [1.165, 1.54) is 37.2 Å². The van der Waals surface area contributed by atoms with E-state index in [2.05, 4.69) is 25.1 Å². The van der Waals surface area contributed by atoms with Crippen LogP contribution in [0.1, 0.15) is 52.4 Å². The lowest BCUT2D eigenvalue weighted by molar-refractivity contribution is 0.134. The van der Waals surface area contributed by atoms with Gasteiger partial charge in [-0.1, -0.05) is 29.8 Å². The minimum absolute atomic E-state index is 0.102.